The van der Waals surface area contributed by atoms with Gasteiger partial charge in [0, 0.05) is 5.75 Å². The summed E-state index contributed by atoms with van der Waals surface area (Å²) in [5.41, 5.74) is 5.27. The molecule has 3 atom stereocenters. The highest BCUT2D eigenvalue weighted by Gasteiger charge is 2.37. The summed E-state index contributed by atoms with van der Waals surface area (Å²) in [6.45, 7) is 0. The van der Waals surface area contributed by atoms with Crippen molar-refractivity contribution in [3.8, 4) is 0 Å². The van der Waals surface area contributed by atoms with Gasteiger partial charge in [0.2, 0.25) is 5.91 Å². The molecule has 1 saturated heterocycles. The Morgan fingerprint density at radius 2 is 2.11 bits per heavy atom. The molecule has 110 valence electrons. The number of hydrogen-bond donors (Lipinski definition) is 3. The zero-order valence-corrected chi connectivity index (χ0v) is 12.3. The number of rotatable bonds is 6. The molecule has 1 aliphatic heterocycles. The fraction of sp³-hybridized carbons (Fsp3) is 0.778. The van der Waals surface area contributed by atoms with E-state index >= 15 is 0 Å². The number of carbonyl (C=O) groups is 2. The molecule has 0 bridgehead atoms. The van der Waals surface area contributed by atoms with Crippen LogP contribution in [0.5, 0.6) is 0 Å². The number of amides is 1. The van der Waals surface area contributed by atoms with Crippen molar-refractivity contribution in [1.82, 2.24) is 5.32 Å². The van der Waals surface area contributed by atoms with Gasteiger partial charge < -0.3 is 16.2 Å². The maximum atomic E-state index is 11.5. The van der Waals surface area contributed by atoms with Crippen LogP contribution in [0.2, 0.25) is 0 Å². The van der Waals surface area contributed by atoms with Crippen LogP contribution in [0.3, 0.4) is 0 Å². The maximum Gasteiger partial charge on any atom is 0.321 e. The predicted molar refractivity (Wildman–Crippen MR) is 73.2 cm³/mol. The van der Waals surface area contributed by atoms with Crippen molar-refractivity contribution in [2.75, 3.05) is 23.0 Å². The summed E-state index contributed by atoms with van der Waals surface area (Å²) < 4.78 is 22.6. The van der Waals surface area contributed by atoms with Crippen LogP contribution < -0.4 is 11.1 Å². The Morgan fingerprint density at radius 3 is 2.58 bits per heavy atom. The molecule has 1 heterocycles. The summed E-state index contributed by atoms with van der Waals surface area (Å²) in [6.07, 6.45) is 0. The van der Waals surface area contributed by atoms with Gasteiger partial charge in [-0.3, -0.25) is 9.59 Å². The number of carbonyl (C=O) groups excluding carboxylic acids is 1. The zero-order chi connectivity index (χ0) is 14.6. The second-order valence-corrected chi connectivity index (χ2v) is 7.97. The van der Waals surface area contributed by atoms with E-state index in [4.69, 9.17) is 22.4 Å². The van der Waals surface area contributed by atoms with Gasteiger partial charge in [0.15, 0.2) is 9.84 Å². The van der Waals surface area contributed by atoms with E-state index in [0.29, 0.717) is 0 Å². The Labute approximate surface area is 120 Å². The van der Waals surface area contributed by atoms with E-state index in [1.54, 1.807) is 0 Å². The SMILES string of the molecule is N[C@@H](CSCC(=O)NC1CS(=O)(=O)CC1Cl)C(=O)O. The summed E-state index contributed by atoms with van der Waals surface area (Å²) in [7, 11) is -3.19. The molecule has 1 rings (SSSR count). The van der Waals surface area contributed by atoms with Crippen LogP contribution >= 0.6 is 23.4 Å². The van der Waals surface area contributed by atoms with Gasteiger partial charge in [0.25, 0.3) is 0 Å². The van der Waals surface area contributed by atoms with Crippen molar-refractivity contribution in [3.05, 3.63) is 0 Å². The molecule has 0 aromatic rings. The first kappa shape index (κ1) is 16.5. The molecule has 1 amide bonds. The monoisotopic (exact) mass is 330 g/mol. The van der Waals surface area contributed by atoms with E-state index < -0.39 is 33.3 Å². The number of carboxylic acids is 1. The predicted octanol–water partition coefficient (Wildman–Crippen LogP) is -1.35. The molecule has 1 aliphatic rings. The average Bonchev–Trinajstić information content (AvgIpc) is 2.51. The molecule has 0 aromatic carbocycles. The fourth-order valence-electron chi connectivity index (χ4n) is 1.54. The van der Waals surface area contributed by atoms with Crippen LogP contribution in [0.1, 0.15) is 0 Å². The highest BCUT2D eigenvalue weighted by atomic mass is 35.5. The van der Waals surface area contributed by atoms with Crippen LogP contribution in [-0.2, 0) is 19.4 Å². The van der Waals surface area contributed by atoms with Gasteiger partial charge in [-0.1, -0.05) is 0 Å². The summed E-state index contributed by atoms with van der Waals surface area (Å²) in [5, 5.41) is 10.4. The lowest BCUT2D eigenvalue weighted by Gasteiger charge is -2.14. The molecule has 0 saturated carbocycles. The molecule has 7 nitrogen and oxygen atoms in total. The van der Waals surface area contributed by atoms with E-state index in [2.05, 4.69) is 5.32 Å². The number of aliphatic carboxylic acids is 1. The number of alkyl halides is 1. The Morgan fingerprint density at radius 1 is 1.47 bits per heavy atom. The molecular weight excluding hydrogens is 316 g/mol. The zero-order valence-electron chi connectivity index (χ0n) is 9.91. The molecule has 19 heavy (non-hydrogen) atoms. The van der Waals surface area contributed by atoms with Gasteiger partial charge in [-0.05, 0) is 0 Å². The Bertz CT molecular complexity index is 456. The van der Waals surface area contributed by atoms with Crippen LogP contribution in [0.4, 0.5) is 0 Å². The second-order valence-electron chi connectivity index (χ2n) is 4.23. The van der Waals surface area contributed by atoms with Gasteiger partial charge in [-0.25, -0.2) is 8.42 Å². The fourth-order valence-corrected chi connectivity index (χ4v) is 4.87. The topological polar surface area (TPSA) is 127 Å². The first-order valence-corrected chi connectivity index (χ1v) is 8.82. The lowest BCUT2D eigenvalue weighted by molar-refractivity contribution is -0.138. The van der Waals surface area contributed by atoms with Crippen molar-refractivity contribution >= 4 is 45.1 Å². The number of hydrogen-bond acceptors (Lipinski definition) is 6. The van der Waals surface area contributed by atoms with Gasteiger partial charge in [-0.2, -0.15) is 0 Å². The Balaban J connectivity index is 2.31. The van der Waals surface area contributed by atoms with Crippen molar-refractivity contribution in [2.45, 2.75) is 17.5 Å². The normalized spacial score (nSPS) is 26.8. The first-order chi connectivity index (χ1) is 8.71. The third kappa shape index (κ3) is 5.55. The van der Waals surface area contributed by atoms with E-state index in [0.717, 1.165) is 11.8 Å². The standard InChI is InChI=1S/C9H15ClN2O5S2/c10-5-3-19(16,17)4-7(5)12-8(13)2-18-1-6(11)9(14)15/h5-7H,1-4,11H2,(H,12,13)(H,14,15)/t5?,6-,7?/m0/s1. The number of nitrogens with one attached hydrogen (secondary N) is 1. The summed E-state index contributed by atoms with van der Waals surface area (Å²) in [6, 6.07) is -1.61. The van der Waals surface area contributed by atoms with Gasteiger partial charge in [-0.15, -0.1) is 23.4 Å². The van der Waals surface area contributed by atoms with Crippen molar-refractivity contribution in [2.24, 2.45) is 5.73 Å². The van der Waals surface area contributed by atoms with Crippen LogP contribution in [-0.4, -0.2) is 65.9 Å². The average molecular weight is 331 g/mol. The Hall–Kier alpha value is -0.510. The van der Waals surface area contributed by atoms with E-state index in [-0.39, 0.29) is 28.9 Å². The molecule has 10 heteroatoms. The minimum absolute atomic E-state index is 0.0150. The first-order valence-electron chi connectivity index (χ1n) is 5.41. The number of thioether (sulfide) groups is 1. The van der Waals surface area contributed by atoms with Crippen LogP contribution in [0.25, 0.3) is 0 Å². The second kappa shape index (κ2) is 6.78. The van der Waals surface area contributed by atoms with E-state index in [9.17, 15) is 18.0 Å². The maximum absolute atomic E-state index is 11.5. The van der Waals surface area contributed by atoms with Crippen molar-refractivity contribution < 1.29 is 23.1 Å². The minimum Gasteiger partial charge on any atom is -0.480 e. The van der Waals surface area contributed by atoms with Crippen LogP contribution in [0, 0.1) is 0 Å². The smallest absolute Gasteiger partial charge is 0.321 e. The highest BCUT2D eigenvalue weighted by molar-refractivity contribution is 8.00. The van der Waals surface area contributed by atoms with Gasteiger partial charge in [0.1, 0.15) is 6.04 Å². The third-order valence-corrected chi connectivity index (χ3v) is 5.91. The summed E-state index contributed by atoms with van der Waals surface area (Å²) in [5.74, 6) is -1.69. The van der Waals surface area contributed by atoms with Crippen molar-refractivity contribution in [3.63, 3.8) is 0 Å². The largest absolute Gasteiger partial charge is 0.480 e. The van der Waals surface area contributed by atoms with Crippen molar-refractivity contribution in [1.29, 1.82) is 0 Å². The molecule has 0 radical (unpaired) electrons. The van der Waals surface area contributed by atoms with E-state index in [1.165, 1.54) is 0 Å². The molecule has 1 fully saturated rings. The van der Waals surface area contributed by atoms with E-state index in [1.807, 2.05) is 0 Å². The molecule has 2 unspecified atom stereocenters. The number of nitrogens with two attached hydrogens (primary N) is 1. The number of halogens is 1. The number of carboxylic acid groups (broad SMARTS) is 1. The lowest BCUT2D eigenvalue weighted by atomic mass is 10.2. The van der Waals surface area contributed by atoms with Gasteiger partial charge in [0.05, 0.1) is 28.7 Å². The minimum atomic E-state index is -3.19. The van der Waals surface area contributed by atoms with Gasteiger partial charge >= 0.3 is 5.97 Å². The third-order valence-electron chi connectivity index (χ3n) is 2.48. The molecule has 4 N–H and O–H groups in total. The molecule has 0 spiro atoms. The number of sulfone groups is 1. The molecule has 0 aliphatic carbocycles. The highest BCUT2D eigenvalue weighted by Crippen LogP contribution is 2.18. The van der Waals surface area contributed by atoms with Crippen LogP contribution in [0.15, 0.2) is 0 Å². The lowest BCUT2D eigenvalue weighted by Crippen LogP contribution is -2.42. The summed E-state index contributed by atoms with van der Waals surface area (Å²) in [4.78, 5) is 22.0. The quantitative estimate of drug-likeness (QED) is 0.514. The molecular formula is C9H15ClN2O5S2. The Kier molecular flexibility index (Phi) is 5.90. The molecule has 0 aromatic heterocycles. The summed E-state index contributed by atoms with van der Waals surface area (Å²) >= 11 is 6.91.